The molecule has 0 aromatic heterocycles. The summed E-state index contributed by atoms with van der Waals surface area (Å²) in [6.45, 7) is 14.4. The Morgan fingerprint density at radius 3 is 1.16 bits per heavy atom. The van der Waals surface area contributed by atoms with Gasteiger partial charge in [-0.2, -0.15) is 0 Å². The molecule has 0 fully saturated rings. The largest absolute Gasteiger partial charge is 0.328 e. The van der Waals surface area contributed by atoms with E-state index in [1.807, 2.05) is 0 Å². The van der Waals surface area contributed by atoms with Crippen LogP contribution in [0.5, 0.6) is 0 Å². The van der Waals surface area contributed by atoms with Gasteiger partial charge in [0.1, 0.15) is 0 Å². The van der Waals surface area contributed by atoms with E-state index in [0.717, 1.165) is 6.67 Å². The third-order valence-corrected chi connectivity index (χ3v) is 4.86. The van der Waals surface area contributed by atoms with Crippen LogP contribution in [0.1, 0.15) is 52.7 Å². The molecule has 2 aromatic rings. The lowest BCUT2D eigenvalue weighted by molar-refractivity contribution is 0.590. The number of anilines is 2. The van der Waals surface area contributed by atoms with Gasteiger partial charge in [0, 0.05) is 23.8 Å². The van der Waals surface area contributed by atoms with Crippen LogP contribution in [0.2, 0.25) is 0 Å². The highest BCUT2D eigenvalue weighted by atomic mass is 15.3. The fraction of sp³-hybridized carbons (Fsp3) is 0.391. The molecule has 2 nitrogen and oxygen atoms in total. The summed E-state index contributed by atoms with van der Waals surface area (Å²) in [6.07, 6.45) is 4.31. The number of hydrogen-bond acceptors (Lipinski definition) is 2. The molecule has 2 heteroatoms. The molecule has 0 atom stereocenters. The maximum absolute atomic E-state index is 2.28. The first-order valence-electron chi connectivity index (χ1n) is 9.07. The van der Waals surface area contributed by atoms with Gasteiger partial charge >= 0.3 is 0 Å². The standard InChI is InChI=1S/C23H30N2/c1-22(2,3)18-7-11-20(12-8-18)24-15-16-25(17-24)21-13-9-19(10-14-21)23(4,5)6/h7-16H,17H2,1-6H3. The third-order valence-electron chi connectivity index (χ3n) is 4.86. The van der Waals surface area contributed by atoms with E-state index < -0.39 is 0 Å². The quantitative estimate of drug-likeness (QED) is 0.661. The van der Waals surface area contributed by atoms with Crippen molar-refractivity contribution in [3.05, 3.63) is 72.1 Å². The zero-order chi connectivity index (χ0) is 18.2. The van der Waals surface area contributed by atoms with Crippen LogP contribution >= 0.6 is 0 Å². The van der Waals surface area contributed by atoms with E-state index in [2.05, 4.69) is 112 Å². The highest BCUT2D eigenvalue weighted by molar-refractivity contribution is 5.60. The molecule has 0 saturated carbocycles. The SMILES string of the molecule is CC(C)(C)c1ccc(N2C=CN(c3ccc(C(C)(C)C)cc3)C2)cc1. The minimum absolute atomic E-state index is 0.195. The second-order valence-corrected chi connectivity index (χ2v) is 8.97. The average Bonchev–Trinajstić information content (AvgIpc) is 3.03. The van der Waals surface area contributed by atoms with Gasteiger partial charge in [0.25, 0.3) is 0 Å². The van der Waals surface area contributed by atoms with E-state index in [1.165, 1.54) is 22.5 Å². The van der Waals surface area contributed by atoms with Gasteiger partial charge < -0.3 is 9.80 Å². The summed E-state index contributed by atoms with van der Waals surface area (Å²) in [5.41, 5.74) is 5.60. The number of nitrogens with zero attached hydrogens (tertiary/aromatic N) is 2. The van der Waals surface area contributed by atoms with Crippen LogP contribution in [-0.4, -0.2) is 6.67 Å². The minimum Gasteiger partial charge on any atom is -0.328 e. The monoisotopic (exact) mass is 334 g/mol. The number of rotatable bonds is 2. The lowest BCUT2D eigenvalue weighted by Crippen LogP contribution is -2.24. The summed E-state index contributed by atoms with van der Waals surface area (Å²) >= 11 is 0. The fourth-order valence-electron chi connectivity index (χ4n) is 3.06. The van der Waals surface area contributed by atoms with Crippen LogP contribution in [0.4, 0.5) is 11.4 Å². The molecule has 0 N–H and O–H groups in total. The first-order chi connectivity index (χ1) is 11.6. The Labute approximate surface area is 152 Å². The lowest BCUT2D eigenvalue weighted by Gasteiger charge is -2.24. The first kappa shape index (κ1) is 17.6. The molecule has 0 spiro atoms. The predicted octanol–water partition coefficient (Wildman–Crippen LogP) is 6.04. The van der Waals surface area contributed by atoms with Crippen molar-refractivity contribution >= 4 is 11.4 Å². The molecule has 0 radical (unpaired) electrons. The van der Waals surface area contributed by atoms with Crippen molar-refractivity contribution in [2.45, 2.75) is 52.4 Å². The molecule has 0 bridgehead atoms. The van der Waals surface area contributed by atoms with Gasteiger partial charge in [0.05, 0.1) is 6.67 Å². The number of hydrogen-bond donors (Lipinski definition) is 0. The first-order valence-corrected chi connectivity index (χ1v) is 9.07. The van der Waals surface area contributed by atoms with E-state index in [4.69, 9.17) is 0 Å². The van der Waals surface area contributed by atoms with E-state index in [1.54, 1.807) is 0 Å². The van der Waals surface area contributed by atoms with E-state index in [-0.39, 0.29) is 10.8 Å². The Balaban J connectivity index is 1.71. The Morgan fingerprint density at radius 1 is 0.560 bits per heavy atom. The molecule has 0 amide bonds. The Hall–Kier alpha value is -2.22. The zero-order valence-corrected chi connectivity index (χ0v) is 16.4. The van der Waals surface area contributed by atoms with Crippen LogP contribution < -0.4 is 9.80 Å². The summed E-state index contributed by atoms with van der Waals surface area (Å²) < 4.78 is 0. The van der Waals surface area contributed by atoms with Crippen molar-refractivity contribution in [2.75, 3.05) is 16.5 Å². The van der Waals surface area contributed by atoms with Gasteiger partial charge in [0.2, 0.25) is 0 Å². The van der Waals surface area contributed by atoms with Gasteiger partial charge in [-0.25, -0.2) is 0 Å². The van der Waals surface area contributed by atoms with Gasteiger partial charge in [-0.05, 0) is 46.2 Å². The highest BCUT2D eigenvalue weighted by Crippen LogP contribution is 2.29. The van der Waals surface area contributed by atoms with E-state index in [9.17, 15) is 0 Å². The molecular formula is C23H30N2. The minimum atomic E-state index is 0.195. The van der Waals surface area contributed by atoms with Gasteiger partial charge in [0.15, 0.2) is 0 Å². The van der Waals surface area contributed by atoms with E-state index >= 15 is 0 Å². The van der Waals surface area contributed by atoms with E-state index in [0.29, 0.717) is 0 Å². The van der Waals surface area contributed by atoms with Gasteiger partial charge in [-0.1, -0.05) is 65.8 Å². The van der Waals surface area contributed by atoms with Crippen LogP contribution in [0.25, 0.3) is 0 Å². The molecule has 0 aliphatic carbocycles. The molecule has 0 saturated heterocycles. The summed E-state index contributed by atoms with van der Waals surface area (Å²) in [5.74, 6) is 0. The third kappa shape index (κ3) is 3.89. The van der Waals surface area contributed by atoms with Crippen molar-refractivity contribution in [3.8, 4) is 0 Å². The normalized spacial score (nSPS) is 15.1. The van der Waals surface area contributed by atoms with Gasteiger partial charge in [-0.15, -0.1) is 0 Å². The molecule has 1 aliphatic rings. The smallest absolute Gasteiger partial charge is 0.0989 e. The Morgan fingerprint density at radius 2 is 0.880 bits per heavy atom. The van der Waals surface area contributed by atoms with Crippen LogP contribution in [0, 0.1) is 0 Å². The fourth-order valence-corrected chi connectivity index (χ4v) is 3.06. The Kier molecular flexibility index (Phi) is 4.40. The maximum Gasteiger partial charge on any atom is 0.0989 e. The van der Waals surface area contributed by atoms with Crippen molar-refractivity contribution in [2.24, 2.45) is 0 Å². The second kappa shape index (κ2) is 6.25. The van der Waals surface area contributed by atoms with Crippen LogP contribution in [-0.2, 0) is 10.8 Å². The van der Waals surface area contributed by atoms with Crippen molar-refractivity contribution in [3.63, 3.8) is 0 Å². The van der Waals surface area contributed by atoms with Crippen LogP contribution in [0.3, 0.4) is 0 Å². The van der Waals surface area contributed by atoms with Gasteiger partial charge in [-0.3, -0.25) is 0 Å². The maximum atomic E-state index is 2.28. The molecular weight excluding hydrogens is 304 g/mol. The topological polar surface area (TPSA) is 6.48 Å². The zero-order valence-electron chi connectivity index (χ0n) is 16.4. The average molecular weight is 335 g/mol. The molecule has 1 aliphatic heterocycles. The summed E-state index contributed by atoms with van der Waals surface area (Å²) in [5, 5.41) is 0. The molecule has 25 heavy (non-hydrogen) atoms. The second-order valence-electron chi connectivity index (χ2n) is 8.97. The summed E-state index contributed by atoms with van der Waals surface area (Å²) in [4.78, 5) is 4.56. The molecule has 3 rings (SSSR count). The number of benzene rings is 2. The molecule has 2 aromatic carbocycles. The Bertz CT molecular complexity index is 675. The highest BCUT2D eigenvalue weighted by Gasteiger charge is 2.18. The predicted molar refractivity (Wildman–Crippen MR) is 109 cm³/mol. The van der Waals surface area contributed by atoms with Crippen molar-refractivity contribution in [1.82, 2.24) is 0 Å². The molecule has 0 unspecified atom stereocenters. The van der Waals surface area contributed by atoms with Crippen molar-refractivity contribution in [1.29, 1.82) is 0 Å². The van der Waals surface area contributed by atoms with Crippen molar-refractivity contribution < 1.29 is 0 Å². The van der Waals surface area contributed by atoms with Crippen LogP contribution in [0.15, 0.2) is 60.9 Å². The summed E-state index contributed by atoms with van der Waals surface area (Å²) in [7, 11) is 0. The molecule has 132 valence electrons. The molecule has 1 heterocycles. The summed E-state index contributed by atoms with van der Waals surface area (Å²) in [6, 6.07) is 17.8. The lowest BCUT2D eigenvalue weighted by atomic mass is 9.87.